The molecular formula is C11H8BrFN2O4S. The van der Waals surface area contributed by atoms with Gasteiger partial charge in [-0.3, -0.25) is 9.69 Å². The molecule has 1 unspecified atom stereocenters. The summed E-state index contributed by atoms with van der Waals surface area (Å²) in [5.41, 5.74) is 0.983. The smallest absolute Gasteiger partial charge is 0.307 e. The number of fused-ring (bicyclic) bond motifs is 1. The standard InChI is InChI=1S/C11H8BrFN2O4S/c12-6-1-2-9-8(3-6)14-11(19-9)15-5-7(4-10(15)16)20(13,17)18/h1-3,7H,4-5H2. The molecule has 20 heavy (non-hydrogen) atoms. The molecule has 0 aliphatic carbocycles. The van der Waals surface area contributed by atoms with E-state index in [2.05, 4.69) is 20.9 Å². The summed E-state index contributed by atoms with van der Waals surface area (Å²) < 4.78 is 40.9. The minimum absolute atomic E-state index is 0.0192. The molecule has 0 bridgehead atoms. The number of nitrogens with zero attached hydrogens (tertiary/aromatic N) is 2. The average Bonchev–Trinajstić information content (AvgIpc) is 2.90. The fourth-order valence-corrected chi connectivity index (χ4v) is 3.07. The topological polar surface area (TPSA) is 80.5 Å². The van der Waals surface area contributed by atoms with Gasteiger partial charge in [0.1, 0.15) is 10.8 Å². The number of amides is 1. The first-order valence-electron chi connectivity index (χ1n) is 5.64. The van der Waals surface area contributed by atoms with Crippen LogP contribution in [0, 0.1) is 0 Å². The molecule has 9 heteroatoms. The second kappa shape index (κ2) is 4.52. The van der Waals surface area contributed by atoms with Gasteiger partial charge in [0.15, 0.2) is 5.58 Å². The molecular weight excluding hydrogens is 355 g/mol. The van der Waals surface area contributed by atoms with Crippen LogP contribution in [-0.4, -0.2) is 31.1 Å². The highest BCUT2D eigenvalue weighted by molar-refractivity contribution is 9.10. The van der Waals surface area contributed by atoms with Crippen LogP contribution < -0.4 is 4.90 Å². The number of rotatable bonds is 2. The molecule has 1 aromatic heterocycles. The normalized spacial score (nSPS) is 20.0. The summed E-state index contributed by atoms with van der Waals surface area (Å²) in [6, 6.07) is 5.10. The molecule has 0 N–H and O–H groups in total. The third-order valence-electron chi connectivity index (χ3n) is 3.06. The SMILES string of the molecule is O=C1CC(S(=O)(=O)F)CN1c1nc2cc(Br)ccc2o1. The highest BCUT2D eigenvalue weighted by atomic mass is 79.9. The average molecular weight is 363 g/mol. The van der Waals surface area contributed by atoms with Crippen molar-refractivity contribution in [3.05, 3.63) is 22.7 Å². The van der Waals surface area contributed by atoms with E-state index in [0.717, 1.165) is 9.37 Å². The first-order chi connectivity index (χ1) is 9.34. The first kappa shape index (κ1) is 13.5. The summed E-state index contributed by atoms with van der Waals surface area (Å²) in [5.74, 6) is -0.526. The van der Waals surface area contributed by atoms with E-state index in [1.807, 2.05) is 0 Å². The Hall–Kier alpha value is -1.48. The van der Waals surface area contributed by atoms with Gasteiger partial charge < -0.3 is 4.42 Å². The summed E-state index contributed by atoms with van der Waals surface area (Å²) in [5, 5.41) is -1.36. The van der Waals surface area contributed by atoms with Gasteiger partial charge in [0.2, 0.25) is 5.91 Å². The monoisotopic (exact) mass is 362 g/mol. The Balaban J connectivity index is 1.97. The molecule has 1 amide bonds. The van der Waals surface area contributed by atoms with Gasteiger partial charge in [-0.1, -0.05) is 15.9 Å². The molecule has 0 saturated carbocycles. The van der Waals surface area contributed by atoms with E-state index < -0.39 is 27.8 Å². The predicted molar refractivity (Wildman–Crippen MR) is 72.5 cm³/mol. The van der Waals surface area contributed by atoms with Gasteiger partial charge in [-0.2, -0.15) is 13.4 Å². The number of hydrogen-bond donors (Lipinski definition) is 0. The van der Waals surface area contributed by atoms with E-state index in [0.29, 0.717) is 11.1 Å². The second-order valence-electron chi connectivity index (χ2n) is 4.41. The zero-order valence-corrected chi connectivity index (χ0v) is 12.3. The van der Waals surface area contributed by atoms with Crippen LogP contribution in [-0.2, 0) is 15.0 Å². The maximum Gasteiger partial charge on any atom is 0.307 e. The highest BCUT2D eigenvalue weighted by Crippen LogP contribution is 2.29. The lowest BCUT2D eigenvalue weighted by Gasteiger charge is -2.09. The van der Waals surface area contributed by atoms with E-state index in [1.54, 1.807) is 18.2 Å². The Morgan fingerprint density at radius 2 is 2.20 bits per heavy atom. The van der Waals surface area contributed by atoms with Crippen LogP contribution in [0.4, 0.5) is 9.90 Å². The Morgan fingerprint density at radius 3 is 2.85 bits per heavy atom. The van der Waals surface area contributed by atoms with Crippen molar-refractivity contribution in [2.24, 2.45) is 0 Å². The van der Waals surface area contributed by atoms with Crippen molar-refractivity contribution in [1.29, 1.82) is 0 Å². The number of aromatic nitrogens is 1. The van der Waals surface area contributed by atoms with Crippen molar-refractivity contribution < 1.29 is 21.5 Å². The first-order valence-corrected chi connectivity index (χ1v) is 7.88. The quantitative estimate of drug-likeness (QED) is 0.763. The molecule has 1 aliphatic rings. The molecule has 1 aliphatic heterocycles. The molecule has 0 radical (unpaired) electrons. The largest absolute Gasteiger partial charge is 0.423 e. The number of benzene rings is 1. The lowest BCUT2D eigenvalue weighted by atomic mass is 10.3. The molecule has 1 saturated heterocycles. The van der Waals surface area contributed by atoms with Crippen LogP contribution in [0.15, 0.2) is 27.1 Å². The van der Waals surface area contributed by atoms with Gasteiger partial charge in [0.25, 0.3) is 0 Å². The Labute approximate surface area is 121 Å². The molecule has 106 valence electrons. The van der Waals surface area contributed by atoms with E-state index >= 15 is 0 Å². The van der Waals surface area contributed by atoms with E-state index in [9.17, 15) is 17.1 Å². The summed E-state index contributed by atoms with van der Waals surface area (Å²) >= 11 is 3.28. The van der Waals surface area contributed by atoms with E-state index in [-0.39, 0.29) is 12.6 Å². The number of carbonyl (C=O) groups excluding carboxylic acids is 1. The van der Waals surface area contributed by atoms with Crippen molar-refractivity contribution >= 4 is 49.2 Å². The van der Waals surface area contributed by atoms with Gasteiger partial charge in [0.05, 0.1) is 6.54 Å². The summed E-state index contributed by atoms with van der Waals surface area (Å²) in [7, 11) is -4.75. The van der Waals surface area contributed by atoms with Crippen LogP contribution in [0.2, 0.25) is 0 Å². The van der Waals surface area contributed by atoms with Crippen molar-refractivity contribution in [2.75, 3.05) is 11.4 Å². The molecule has 3 rings (SSSR count). The summed E-state index contributed by atoms with van der Waals surface area (Å²) in [4.78, 5) is 16.9. The molecule has 6 nitrogen and oxygen atoms in total. The van der Waals surface area contributed by atoms with Gasteiger partial charge in [-0.15, -0.1) is 3.89 Å². The minimum Gasteiger partial charge on any atom is -0.423 e. The van der Waals surface area contributed by atoms with Crippen LogP contribution in [0.3, 0.4) is 0 Å². The van der Waals surface area contributed by atoms with E-state index in [4.69, 9.17) is 4.42 Å². The van der Waals surface area contributed by atoms with Gasteiger partial charge in [-0.05, 0) is 18.2 Å². The molecule has 0 spiro atoms. The number of hydrogen-bond acceptors (Lipinski definition) is 5. The second-order valence-corrected chi connectivity index (χ2v) is 6.95. The van der Waals surface area contributed by atoms with Crippen LogP contribution >= 0.6 is 15.9 Å². The van der Waals surface area contributed by atoms with Crippen molar-refractivity contribution in [3.8, 4) is 0 Å². The van der Waals surface area contributed by atoms with Crippen molar-refractivity contribution in [1.82, 2.24) is 4.98 Å². The molecule has 2 heterocycles. The van der Waals surface area contributed by atoms with Crippen LogP contribution in [0.1, 0.15) is 6.42 Å². The maximum absolute atomic E-state index is 12.9. The van der Waals surface area contributed by atoms with Gasteiger partial charge in [0, 0.05) is 10.9 Å². The minimum atomic E-state index is -4.75. The fraction of sp³-hybridized carbons (Fsp3) is 0.273. The summed E-state index contributed by atoms with van der Waals surface area (Å²) in [6.45, 7) is -0.286. The number of anilines is 1. The third-order valence-corrected chi connectivity index (χ3v) is 4.66. The Morgan fingerprint density at radius 1 is 1.45 bits per heavy atom. The molecule has 1 fully saturated rings. The molecule has 1 aromatic carbocycles. The van der Waals surface area contributed by atoms with E-state index in [1.165, 1.54) is 0 Å². The van der Waals surface area contributed by atoms with Crippen molar-refractivity contribution in [2.45, 2.75) is 11.7 Å². The third kappa shape index (κ3) is 2.31. The predicted octanol–water partition coefficient (Wildman–Crippen LogP) is 1.99. The van der Waals surface area contributed by atoms with Gasteiger partial charge >= 0.3 is 16.2 Å². The van der Waals surface area contributed by atoms with Crippen LogP contribution in [0.25, 0.3) is 11.1 Å². The van der Waals surface area contributed by atoms with Crippen molar-refractivity contribution in [3.63, 3.8) is 0 Å². The molecule has 2 aromatic rings. The zero-order valence-electron chi connectivity index (χ0n) is 9.92. The number of oxazole rings is 1. The fourth-order valence-electron chi connectivity index (χ4n) is 2.05. The highest BCUT2D eigenvalue weighted by Gasteiger charge is 2.40. The zero-order chi connectivity index (χ0) is 14.5. The lowest BCUT2D eigenvalue weighted by Crippen LogP contribution is -2.27. The number of halogens is 2. The molecule has 1 atom stereocenters. The van der Waals surface area contributed by atoms with Gasteiger partial charge in [-0.25, -0.2) is 0 Å². The summed E-state index contributed by atoms with van der Waals surface area (Å²) in [6.07, 6.45) is -0.402. The Bertz CT molecular complexity index is 804. The maximum atomic E-state index is 12.9. The number of carbonyl (C=O) groups is 1. The Kier molecular flexibility index (Phi) is 3.05. The van der Waals surface area contributed by atoms with Crippen LogP contribution in [0.5, 0.6) is 0 Å². The lowest BCUT2D eigenvalue weighted by molar-refractivity contribution is -0.117.